The van der Waals surface area contributed by atoms with Gasteiger partial charge in [-0.15, -0.1) is 0 Å². The molecule has 0 spiro atoms. The molecule has 14 nitrogen and oxygen atoms in total. The number of carbonyl (C=O) groups excluding carboxylic acids is 3. The molecule has 2 rings (SSSR count). The molecule has 0 aliphatic heterocycles. The Hall–Kier alpha value is -4.17. The number of aliphatic hydroxyl groups is 1. The van der Waals surface area contributed by atoms with E-state index < -0.39 is 55.0 Å². The van der Waals surface area contributed by atoms with Gasteiger partial charge in [-0.05, 0) is 24.5 Å². The standard InChI is InChI=1S/C22H32N8O6/c23-14(5-3-7-26-22(24)25)19(33)28-10-18(32)29-17(11-31)20(34)30-16(21(35)36)8-12-9-27-15-6-2-1-4-13(12)15/h1-2,4,6,9,14,16-17,27,31H,3,5,7-8,10-11,23H2,(H,28,33)(H,29,32)(H,30,34)(H,35,36)(H4,24,25,26). The number of nitrogens with one attached hydrogen (secondary N) is 4. The first-order valence-electron chi connectivity index (χ1n) is 11.2. The first-order chi connectivity index (χ1) is 17.1. The van der Waals surface area contributed by atoms with E-state index in [9.17, 15) is 29.4 Å². The monoisotopic (exact) mass is 504 g/mol. The lowest BCUT2D eigenvalue weighted by molar-refractivity contribution is -0.142. The van der Waals surface area contributed by atoms with E-state index >= 15 is 0 Å². The van der Waals surface area contributed by atoms with Crippen LogP contribution in [0.15, 0.2) is 35.5 Å². The second-order valence-electron chi connectivity index (χ2n) is 8.04. The average Bonchev–Trinajstić information content (AvgIpc) is 3.25. The molecule has 14 heteroatoms. The van der Waals surface area contributed by atoms with Gasteiger partial charge in [0.2, 0.25) is 17.7 Å². The third-order valence-electron chi connectivity index (χ3n) is 5.28. The number of aromatic amines is 1. The molecule has 1 aromatic heterocycles. The normalized spacial score (nSPS) is 13.3. The maximum Gasteiger partial charge on any atom is 0.326 e. The zero-order chi connectivity index (χ0) is 26.7. The van der Waals surface area contributed by atoms with Crippen molar-refractivity contribution >= 4 is 40.6 Å². The van der Waals surface area contributed by atoms with Gasteiger partial charge in [0, 0.05) is 30.1 Å². The lowest BCUT2D eigenvalue weighted by Crippen LogP contribution is -2.55. The number of nitrogens with zero attached hydrogens (tertiary/aromatic N) is 1. The summed E-state index contributed by atoms with van der Waals surface area (Å²) in [6, 6.07) is 3.67. The predicted molar refractivity (Wildman–Crippen MR) is 131 cm³/mol. The number of amides is 3. The number of H-pyrrole nitrogens is 1. The highest BCUT2D eigenvalue weighted by atomic mass is 16.4. The number of para-hydroxylation sites is 1. The molecule has 0 saturated carbocycles. The summed E-state index contributed by atoms with van der Waals surface area (Å²) in [4.78, 5) is 55.3. The average molecular weight is 505 g/mol. The molecule has 1 aromatic carbocycles. The van der Waals surface area contributed by atoms with Gasteiger partial charge in [0.25, 0.3) is 0 Å². The molecule has 0 bridgehead atoms. The molecule has 36 heavy (non-hydrogen) atoms. The quantitative estimate of drug-likeness (QED) is 0.0733. The number of aliphatic carboxylic acids is 1. The molecular weight excluding hydrogens is 472 g/mol. The van der Waals surface area contributed by atoms with E-state index in [0.717, 1.165) is 10.9 Å². The smallest absolute Gasteiger partial charge is 0.326 e. The van der Waals surface area contributed by atoms with Crippen LogP contribution in [0.3, 0.4) is 0 Å². The number of aliphatic hydroxyl groups excluding tert-OH is 1. The van der Waals surface area contributed by atoms with Crippen molar-refractivity contribution in [1.29, 1.82) is 0 Å². The molecule has 3 unspecified atom stereocenters. The second-order valence-corrected chi connectivity index (χ2v) is 8.04. The Bertz CT molecular complexity index is 1100. The summed E-state index contributed by atoms with van der Waals surface area (Å²) in [6.07, 6.45) is 2.37. The van der Waals surface area contributed by atoms with E-state index in [2.05, 4.69) is 25.9 Å². The zero-order valence-electron chi connectivity index (χ0n) is 19.6. The number of nitrogens with two attached hydrogens (primary N) is 3. The molecule has 2 aromatic rings. The van der Waals surface area contributed by atoms with E-state index in [4.69, 9.17) is 17.2 Å². The molecule has 3 atom stereocenters. The molecular formula is C22H32N8O6. The van der Waals surface area contributed by atoms with Crippen LogP contribution in [0.25, 0.3) is 10.9 Å². The van der Waals surface area contributed by atoms with Crippen molar-refractivity contribution in [1.82, 2.24) is 20.9 Å². The minimum absolute atomic E-state index is 0.0195. The SMILES string of the molecule is NC(N)=NCCCC(N)C(=O)NCC(=O)NC(CO)C(=O)NC(Cc1c[nH]c2ccccc12)C(=O)O. The fourth-order valence-electron chi connectivity index (χ4n) is 3.38. The molecule has 12 N–H and O–H groups in total. The Morgan fingerprint density at radius 2 is 1.78 bits per heavy atom. The molecule has 0 saturated heterocycles. The summed E-state index contributed by atoms with van der Waals surface area (Å²) < 4.78 is 0. The topological polar surface area (TPSA) is 251 Å². The fraction of sp³-hybridized carbons (Fsp3) is 0.409. The maximum absolute atomic E-state index is 12.6. The summed E-state index contributed by atoms with van der Waals surface area (Å²) in [7, 11) is 0. The number of aliphatic imine (C=N–C) groups is 1. The van der Waals surface area contributed by atoms with Crippen molar-refractivity contribution in [3.63, 3.8) is 0 Å². The highest BCUT2D eigenvalue weighted by molar-refractivity contribution is 5.93. The van der Waals surface area contributed by atoms with Crippen molar-refractivity contribution in [2.24, 2.45) is 22.2 Å². The van der Waals surface area contributed by atoms with Crippen LogP contribution in [-0.4, -0.2) is 82.7 Å². The van der Waals surface area contributed by atoms with Gasteiger partial charge in [0.05, 0.1) is 19.2 Å². The number of carbonyl (C=O) groups is 4. The molecule has 1 heterocycles. The molecule has 196 valence electrons. The number of rotatable bonds is 14. The Morgan fingerprint density at radius 3 is 2.44 bits per heavy atom. The number of carboxylic acid groups (broad SMARTS) is 1. The van der Waals surface area contributed by atoms with Crippen LogP contribution < -0.4 is 33.2 Å². The van der Waals surface area contributed by atoms with Crippen LogP contribution in [0, 0.1) is 0 Å². The van der Waals surface area contributed by atoms with Crippen molar-refractivity contribution in [3.8, 4) is 0 Å². The number of benzene rings is 1. The van der Waals surface area contributed by atoms with Crippen molar-refractivity contribution < 1.29 is 29.4 Å². The molecule has 0 fully saturated rings. The lowest BCUT2D eigenvalue weighted by Gasteiger charge is -2.20. The van der Waals surface area contributed by atoms with Crippen LogP contribution in [0.5, 0.6) is 0 Å². The maximum atomic E-state index is 12.6. The van der Waals surface area contributed by atoms with Gasteiger partial charge in [-0.3, -0.25) is 19.4 Å². The van der Waals surface area contributed by atoms with E-state index in [0.29, 0.717) is 18.5 Å². The summed E-state index contributed by atoms with van der Waals surface area (Å²) in [5.74, 6) is -3.60. The third-order valence-corrected chi connectivity index (χ3v) is 5.28. The van der Waals surface area contributed by atoms with Gasteiger partial charge < -0.3 is 48.3 Å². The number of hydrogen-bond donors (Lipinski definition) is 9. The number of fused-ring (bicyclic) bond motifs is 1. The Morgan fingerprint density at radius 1 is 1.06 bits per heavy atom. The molecule has 0 aliphatic carbocycles. The summed E-state index contributed by atoms with van der Waals surface area (Å²) >= 11 is 0. The minimum Gasteiger partial charge on any atom is -0.480 e. The van der Waals surface area contributed by atoms with Gasteiger partial charge in [0.1, 0.15) is 12.1 Å². The summed E-state index contributed by atoms with van der Waals surface area (Å²) in [5, 5.41) is 26.9. The van der Waals surface area contributed by atoms with Gasteiger partial charge >= 0.3 is 5.97 Å². The second kappa shape index (κ2) is 13.7. The lowest BCUT2D eigenvalue weighted by atomic mass is 10.0. The predicted octanol–water partition coefficient (Wildman–Crippen LogP) is -2.75. The van der Waals surface area contributed by atoms with Crippen LogP contribution in [0.2, 0.25) is 0 Å². The Kier molecular flexibility index (Phi) is 10.6. The first-order valence-corrected chi connectivity index (χ1v) is 11.2. The molecule has 0 aliphatic rings. The third kappa shape index (κ3) is 8.56. The van der Waals surface area contributed by atoms with Crippen molar-refractivity contribution in [3.05, 3.63) is 36.0 Å². The van der Waals surface area contributed by atoms with E-state index in [-0.39, 0.29) is 18.8 Å². The van der Waals surface area contributed by atoms with E-state index in [1.165, 1.54) is 0 Å². The van der Waals surface area contributed by atoms with Crippen LogP contribution in [-0.2, 0) is 25.6 Å². The highest BCUT2D eigenvalue weighted by Crippen LogP contribution is 2.19. The fourth-order valence-corrected chi connectivity index (χ4v) is 3.38. The molecule has 3 amide bonds. The van der Waals surface area contributed by atoms with Crippen LogP contribution in [0.1, 0.15) is 18.4 Å². The number of aromatic nitrogens is 1. The minimum atomic E-state index is -1.42. The van der Waals surface area contributed by atoms with Gasteiger partial charge in [-0.2, -0.15) is 0 Å². The summed E-state index contributed by atoms with van der Waals surface area (Å²) in [6.45, 7) is -0.980. The zero-order valence-corrected chi connectivity index (χ0v) is 19.6. The largest absolute Gasteiger partial charge is 0.480 e. The Labute approximate surface area is 206 Å². The van der Waals surface area contributed by atoms with Crippen molar-refractivity contribution in [2.45, 2.75) is 37.4 Å². The van der Waals surface area contributed by atoms with Crippen LogP contribution >= 0.6 is 0 Å². The van der Waals surface area contributed by atoms with Gasteiger partial charge in [-0.1, -0.05) is 18.2 Å². The number of guanidine groups is 1. The number of carboxylic acids is 1. The Balaban J connectivity index is 1.86. The number of hydrogen-bond acceptors (Lipinski definition) is 7. The molecule has 0 radical (unpaired) electrons. The highest BCUT2D eigenvalue weighted by Gasteiger charge is 2.27. The van der Waals surface area contributed by atoms with Crippen LogP contribution in [0.4, 0.5) is 0 Å². The summed E-state index contributed by atoms with van der Waals surface area (Å²) in [5.41, 5.74) is 17.7. The van der Waals surface area contributed by atoms with E-state index in [1.807, 2.05) is 24.3 Å². The van der Waals surface area contributed by atoms with E-state index in [1.54, 1.807) is 6.20 Å². The van der Waals surface area contributed by atoms with Crippen molar-refractivity contribution in [2.75, 3.05) is 19.7 Å². The first kappa shape index (κ1) is 28.1. The van der Waals surface area contributed by atoms with Gasteiger partial charge in [-0.25, -0.2) is 4.79 Å². The van der Waals surface area contributed by atoms with Gasteiger partial charge in [0.15, 0.2) is 5.96 Å².